The maximum Gasteiger partial charge on any atom is 0.252 e. The van der Waals surface area contributed by atoms with Gasteiger partial charge in [-0.3, -0.25) is 4.90 Å². The molecule has 0 aliphatic carbocycles. The SMILES string of the molecule is O=S(=O)(c1cccs1)N1CC(N2CCc3sccc3C2)C1. The van der Waals surface area contributed by atoms with Crippen LogP contribution in [0.2, 0.25) is 0 Å². The fraction of sp³-hybridized carbons (Fsp3) is 0.429. The van der Waals surface area contributed by atoms with Gasteiger partial charge in [-0.1, -0.05) is 6.07 Å². The van der Waals surface area contributed by atoms with Crippen molar-refractivity contribution < 1.29 is 8.42 Å². The van der Waals surface area contributed by atoms with E-state index in [2.05, 4.69) is 16.3 Å². The van der Waals surface area contributed by atoms with Crippen LogP contribution in [0.4, 0.5) is 0 Å². The van der Waals surface area contributed by atoms with E-state index in [1.165, 1.54) is 21.8 Å². The summed E-state index contributed by atoms with van der Waals surface area (Å²) in [6.07, 6.45) is 1.10. The lowest BCUT2D eigenvalue weighted by Gasteiger charge is -2.45. The Kier molecular flexibility index (Phi) is 3.42. The lowest BCUT2D eigenvalue weighted by Crippen LogP contribution is -2.61. The molecule has 112 valence electrons. The molecule has 1 saturated heterocycles. The Morgan fingerprint density at radius 1 is 1.14 bits per heavy atom. The molecule has 0 unspecified atom stereocenters. The van der Waals surface area contributed by atoms with Crippen molar-refractivity contribution in [2.45, 2.75) is 23.2 Å². The number of fused-ring (bicyclic) bond motifs is 1. The van der Waals surface area contributed by atoms with E-state index in [-0.39, 0.29) is 0 Å². The molecule has 0 radical (unpaired) electrons. The van der Waals surface area contributed by atoms with Gasteiger partial charge in [0.25, 0.3) is 10.0 Å². The van der Waals surface area contributed by atoms with Gasteiger partial charge < -0.3 is 0 Å². The van der Waals surface area contributed by atoms with Crippen molar-refractivity contribution in [1.29, 1.82) is 0 Å². The summed E-state index contributed by atoms with van der Waals surface area (Å²) in [7, 11) is -3.25. The quantitative estimate of drug-likeness (QED) is 0.860. The predicted octanol–water partition coefficient (Wildman–Crippen LogP) is 2.24. The minimum absolute atomic E-state index is 0.368. The van der Waals surface area contributed by atoms with E-state index in [4.69, 9.17) is 0 Å². The second-order valence-electron chi connectivity index (χ2n) is 5.50. The van der Waals surface area contributed by atoms with Crippen LogP contribution in [0.25, 0.3) is 0 Å². The van der Waals surface area contributed by atoms with Crippen LogP contribution >= 0.6 is 22.7 Å². The summed E-state index contributed by atoms with van der Waals surface area (Å²) in [5.74, 6) is 0. The fourth-order valence-electron chi connectivity index (χ4n) is 2.96. The fourth-order valence-corrected chi connectivity index (χ4v) is 6.51. The van der Waals surface area contributed by atoms with Crippen LogP contribution in [-0.2, 0) is 23.0 Å². The van der Waals surface area contributed by atoms with Gasteiger partial charge in [0.1, 0.15) is 4.21 Å². The Hall–Kier alpha value is -0.730. The first-order chi connectivity index (χ1) is 10.1. The molecule has 7 heteroatoms. The first kappa shape index (κ1) is 13.9. The van der Waals surface area contributed by atoms with E-state index in [1.807, 2.05) is 16.7 Å². The minimum atomic E-state index is -3.25. The highest BCUT2D eigenvalue weighted by Crippen LogP contribution is 2.31. The summed E-state index contributed by atoms with van der Waals surface area (Å²) < 4.78 is 26.8. The van der Waals surface area contributed by atoms with Gasteiger partial charge in [-0.15, -0.1) is 22.7 Å². The summed E-state index contributed by atoms with van der Waals surface area (Å²) in [6, 6.07) is 6.04. The third-order valence-electron chi connectivity index (χ3n) is 4.27. The van der Waals surface area contributed by atoms with Gasteiger partial charge >= 0.3 is 0 Å². The van der Waals surface area contributed by atoms with Crippen LogP contribution in [0.5, 0.6) is 0 Å². The molecule has 2 aliphatic rings. The summed E-state index contributed by atoms with van der Waals surface area (Å²) >= 11 is 3.13. The van der Waals surface area contributed by atoms with Gasteiger partial charge in [0.05, 0.1) is 0 Å². The van der Waals surface area contributed by atoms with E-state index >= 15 is 0 Å². The minimum Gasteiger partial charge on any atom is -0.293 e. The van der Waals surface area contributed by atoms with Crippen LogP contribution in [0.1, 0.15) is 10.4 Å². The molecule has 0 aromatic carbocycles. The smallest absolute Gasteiger partial charge is 0.252 e. The van der Waals surface area contributed by atoms with Crippen molar-refractivity contribution in [3.05, 3.63) is 39.4 Å². The monoisotopic (exact) mass is 340 g/mol. The number of rotatable bonds is 3. The molecule has 2 aliphatic heterocycles. The number of hydrogen-bond acceptors (Lipinski definition) is 5. The molecular formula is C14H16N2O2S3. The second kappa shape index (κ2) is 5.17. The lowest BCUT2D eigenvalue weighted by atomic mass is 10.0. The highest BCUT2D eigenvalue weighted by molar-refractivity contribution is 7.91. The van der Waals surface area contributed by atoms with Gasteiger partial charge in [0, 0.05) is 37.1 Å². The van der Waals surface area contributed by atoms with Crippen molar-refractivity contribution in [2.24, 2.45) is 0 Å². The van der Waals surface area contributed by atoms with Crippen molar-refractivity contribution in [3.63, 3.8) is 0 Å². The average molecular weight is 340 g/mol. The second-order valence-corrected chi connectivity index (χ2v) is 9.61. The molecule has 0 bridgehead atoms. The highest BCUT2D eigenvalue weighted by atomic mass is 32.2. The molecule has 21 heavy (non-hydrogen) atoms. The number of sulfonamides is 1. The highest BCUT2D eigenvalue weighted by Gasteiger charge is 2.40. The van der Waals surface area contributed by atoms with Crippen molar-refractivity contribution >= 4 is 32.7 Å². The number of thiophene rings is 2. The van der Waals surface area contributed by atoms with E-state index in [9.17, 15) is 8.42 Å². The average Bonchev–Trinajstić information content (AvgIpc) is 3.08. The number of nitrogens with zero attached hydrogens (tertiary/aromatic N) is 2. The summed E-state index contributed by atoms with van der Waals surface area (Å²) in [4.78, 5) is 3.92. The largest absolute Gasteiger partial charge is 0.293 e. The zero-order valence-electron chi connectivity index (χ0n) is 11.4. The summed E-state index contributed by atoms with van der Waals surface area (Å²) in [6.45, 7) is 3.26. The van der Waals surface area contributed by atoms with Gasteiger partial charge in [-0.2, -0.15) is 4.31 Å². The molecule has 4 nitrogen and oxygen atoms in total. The third-order valence-corrected chi connectivity index (χ3v) is 8.50. The zero-order valence-corrected chi connectivity index (χ0v) is 13.9. The van der Waals surface area contributed by atoms with Crippen LogP contribution in [0.3, 0.4) is 0 Å². The van der Waals surface area contributed by atoms with Gasteiger partial charge in [0.2, 0.25) is 0 Å². The van der Waals surface area contributed by atoms with Crippen LogP contribution in [-0.4, -0.2) is 43.3 Å². The van der Waals surface area contributed by atoms with Crippen LogP contribution < -0.4 is 0 Å². The first-order valence-corrected chi connectivity index (χ1v) is 10.2. The zero-order chi connectivity index (χ0) is 14.4. The molecular weight excluding hydrogens is 324 g/mol. The summed E-state index contributed by atoms with van der Waals surface area (Å²) in [5.41, 5.74) is 1.42. The molecule has 0 saturated carbocycles. The van der Waals surface area contributed by atoms with E-state index in [0.717, 1.165) is 19.5 Å². The first-order valence-electron chi connectivity index (χ1n) is 6.97. The Morgan fingerprint density at radius 3 is 2.76 bits per heavy atom. The van der Waals surface area contributed by atoms with Crippen molar-refractivity contribution in [3.8, 4) is 0 Å². The standard InChI is InChI=1S/C14H16N2O2S3/c17-21(18,14-2-1-6-20-14)16-9-12(10-16)15-5-3-13-11(8-15)4-7-19-13/h1-2,4,6-7,12H,3,5,8-10H2. The van der Waals surface area contributed by atoms with Crippen molar-refractivity contribution in [1.82, 2.24) is 9.21 Å². The molecule has 4 heterocycles. The Balaban J connectivity index is 1.42. The predicted molar refractivity (Wildman–Crippen MR) is 85.3 cm³/mol. The van der Waals surface area contributed by atoms with E-state index < -0.39 is 10.0 Å². The molecule has 4 rings (SSSR count). The van der Waals surface area contributed by atoms with Gasteiger partial charge in [-0.25, -0.2) is 8.42 Å². The summed E-state index contributed by atoms with van der Waals surface area (Å²) in [5, 5.41) is 3.97. The Labute approximate surface area is 132 Å². The normalized spacial score (nSPS) is 21.1. The molecule has 0 amide bonds. The molecule has 0 N–H and O–H groups in total. The Bertz CT molecular complexity index is 730. The molecule has 2 aromatic heterocycles. The number of hydrogen-bond donors (Lipinski definition) is 0. The van der Waals surface area contributed by atoms with Crippen molar-refractivity contribution in [2.75, 3.05) is 19.6 Å². The maximum absolute atomic E-state index is 12.4. The topological polar surface area (TPSA) is 40.6 Å². The van der Waals surface area contributed by atoms with Gasteiger partial charge in [-0.05, 0) is 34.9 Å². The maximum atomic E-state index is 12.4. The van der Waals surface area contributed by atoms with Crippen LogP contribution in [0, 0.1) is 0 Å². The molecule has 0 atom stereocenters. The third kappa shape index (κ3) is 2.37. The van der Waals surface area contributed by atoms with E-state index in [0.29, 0.717) is 23.3 Å². The lowest BCUT2D eigenvalue weighted by molar-refractivity contribution is 0.0776. The van der Waals surface area contributed by atoms with Crippen LogP contribution in [0.15, 0.2) is 33.2 Å². The molecule has 0 spiro atoms. The Morgan fingerprint density at radius 2 is 2.00 bits per heavy atom. The van der Waals surface area contributed by atoms with Gasteiger partial charge in [0.15, 0.2) is 0 Å². The molecule has 2 aromatic rings. The molecule has 1 fully saturated rings. The van der Waals surface area contributed by atoms with E-state index in [1.54, 1.807) is 16.4 Å².